The first-order valence-corrected chi connectivity index (χ1v) is 11.4. The van der Waals surface area contributed by atoms with E-state index in [1.54, 1.807) is 0 Å². The van der Waals surface area contributed by atoms with Gasteiger partial charge < -0.3 is 16.0 Å². The van der Waals surface area contributed by atoms with Crippen LogP contribution in [0.1, 0.15) is 54.3 Å². The van der Waals surface area contributed by atoms with Crippen molar-refractivity contribution in [2.75, 3.05) is 29.0 Å². The molecule has 10 nitrogen and oxygen atoms in total. The summed E-state index contributed by atoms with van der Waals surface area (Å²) >= 11 is 0. The molecule has 5 heterocycles. The molecule has 3 aliphatic rings. The number of hydrogen-bond donors (Lipinski definition) is 2. The van der Waals surface area contributed by atoms with Crippen molar-refractivity contribution in [3.05, 3.63) is 58.1 Å². The lowest BCUT2D eigenvalue weighted by Gasteiger charge is -2.30. The number of anilines is 3. The Morgan fingerprint density at radius 3 is 2.91 bits per heavy atom. The van der Waals surface area contributed by atoms with Gasteiger partial charge in [0.05, 0.1) is 6.04 Å². The average Bonchev–Trinajstić information content (AvgIpc) is 3.46. The van der Waals surface area contributed by atoms with Gasteiger partial charge in [-0.05, 0) is 37.8 Å². The molecule has 1 fully saturated rings. The highest BCUT2D eigenvalue weighted by atomic mass is 19.1. The van der Waals surface area contributed by atoms with Crippen molar-refractivity contribution < 1.29 is 9.18 Å². The van der Waals surface area contributed by atoms with Gasteiger partial charge in [0.1, 0.15) is 17.2 Å². The Hall–Kier alpha value is -4.02. The van der Waals surface area contributed by atoms with Gasteiger partial charge in [-0.2, -0.15) is 15.1 Å². The van der Waals surface area contributed by atoms with Crippen LogP contribution in [-0.4, -0.2) is 43.0 Å². The van der Waals surface area contributed by atoms with Crippen molar-refractivity contribution in [3.63, 3.8) is 0 Å². The van der Waals surface area contributed by atoms with Gasteiger partial charge >= 0.3 is 0 Å². The van der Waals surface area contributed by atoms with Crippen LogP contribution >= 0.6 is 0 Å². The van der Waals surface area contributed by atoms with Gasteiger partial charge in [0.25, 0.3) is 5.56 Å². The Balaban J connectivity index is 1.57. The minimum Gasteiger partial charge on any atom is -0.369 e. The Morgan fingerprint density at radius 1 is 1.21 bits per heavy atom. The molecular weight excluding hydrogens is 439 g/mol. The van der Waals surface area contributed by atoms with Crippen LogP contribution in [0.4, 0.5) is 22.0 Å². The molecule has 1 saturated heterocycles. The number of fused-ring (bicyclic) bond motifs is 2. The summed E-state index contributed by atoms with van der Waals surface area (Å²) in [5.41, 5.74) is 6.49. The van der Waals surface area contributed by atoms with Crippen molar-refractivity contribution in [2.24, 2.45) is 0 Å². The largest absolute Gasteiger partial charge is 0.369 e. The molecule has 0 aromatic carbocycles. The normalized spacial score (nSPS) is 19.9. The standard InChI is InChI=1S/C23H23FN8O2/c24-14-9-12-31-18(14)22(34)32(13-5-2-1-3-6-13)20(29-31)15-7-4-11-30(15)21-17-16(33)8-10-26-19(17)27-23(25)28-21/h2,5-6,9,12,15H,1,3-4,7-8,10-11H2,(H3,25,26,27,28)/t15-/m0/s1. The molecule has 0 bridgehead atoms. The third kappa shape index (κ3) is 3.11. The molecule has 174 valence electrons. The zero-order valence-corrected chi connectivity index (χ0v) is 18.4. The van der Waals surface area contributed by atoms with Crippen molar-refractivity contribution in [2.45, 2.75) is 38.1 Å². The van der Waals surface area contributed by atoms with Gasteiger partial charge in [0.2, 0.25) is 5.95 Å². The third-order valence-corrected chi connectivity index (χ3v) is 6.55. The van der Waals surface area contributed by atoms with Crippen molar-refractivity contribution >= 4 is 34.6 Å². The van der Waals surface area contributed by atoms with E-state index in [2.05, 4.69) is 15.3 Å². The molecule has 3 aromatic rings. The van der Waals surface area contributed by atoms with E-state index in [-0.39, 0.29) is 23.3 Å². The number of carbonyl (C=O) groups is 1. The van der Waals surface area contributed by atoms with Crippen LogP contribution in [0.5, 0.6) is 0 Å². The Bertz CT molecular complexity index is 1450. The molecule has 2 aliphatic heterocycles. The second-order valence-electron chi connectivity index (χ2n) is 8.64. The van der Waals surface area contributed by atoms with Crippen LogP contribution < -0.4 is 21.5 Å². The number of nitrogen functional groups attached to an aromatic ring is 1. The van der Waals surface area contributed by atoms with Gasteiger partial charge in [-0.15, -0.1) is 0 Å². The molecule has 3 N–H and O–H groups in total. The van der Waals surface area contributed by atoms with Crippen LogP contribution in [0.3, 0.4) is 0 Å². The van der Waals surface area contributed by atoms with Crippen molar-refractivity contribution in [1.29, 1.82) is 0 Å². The summed E-state index contributed by atoms with van der Waals surface area (Å²) in [6.45, 7) is 1.09. The highest BCUT2D eigenvalue weighted by molar-refractivity contribution is 6.06. The number of rotatable bonds is 3. The topological polar surface area (TPSA) is 123 Å². The first-order valence-electron chi connectivity index (χ1n) is 11.4. The van der Waals surface area contributed by atoms with Crippen molar-refractivity contribution in [3.8, 4) is 0 Å². The van der Waals surface area contributed by atoms with E-state index in [0.29, 0.717) is 54.7 Å². The maximum Gasteiger partial charge on any atom is 0.285 e. The van der Waals surface area contributed by atoms with E-state index >= 15 is 0 Å². The van der Waals surface area contributed by atoms with E-state index in [1.807, 2.05) is 23.1 Å². The van der Waals surface area contributed by atoms with Gasteiger partial charge in [-0.1, -0.05) is 12.2 Å². The first-order chi connectivity index (χ1) is 16.5. The number of Topliss-reactive ketones (excluding diaryl/α,β-unsaturated/α-hetero) is 1. The summed E-state index contributed by atoms with van der Waals surface area (Å²) in [5.74, 6) is 0.722. The number of carbonyl (C=O) groups excluding carboxylic acids is 1. The Labute approximate surface area is 193 Å². The molecule has 1 aliphatic carbocycles. The fourth-order valence-corrected chi connectivity index (χ4v) is 5.04. The molecule has 0 unspecified atom stereocenters. The summed E-state index contributed by atoms with van der Waals surface area (Å²) in [7, 11) is 0. The lowest BCUT2D eigenvalue weighted by Crippen LogP contribution is -2.35. The quantitative estimate of drug-likeness (QED) is 0.609. The summed E-state index contributed by atoms with van der Waals surface area (Å²) in [6, 6.07) is 0.869. The van der Waals surface area contributed by atoms with Crippen LogP contribution in [-0.2, 0) is 0 Å². The molecule has 34 heavy (non-hydrogen) atoms. The van der Waals surface area contributed by atoms with Crippen LogP contribution in [0.25, 0.3) is 11.2 Å². The first kappa shape index (κ1) is 20.6. The fraction of sp³-hybridized carbons (Fsp3) is 0.348. The molecule has 0 radical (unpaired) electrons. The number of halogens is 1. The molecule has 3 aromatic heterocycles. The van der Waals surface area contributed by atoms with E-state index in [1.165, 1.54) is 21.3 Å². The zero-order chi connectivity index (χ0) is 23.4. The highest BCUT2D eigenvalue weighted by Gasteiger charge is 2.37. The molecule has 11 heteroatoms. The predicted octanol–water partition coefficient (Wildman–Crippen LogP) is 2.54. The van der Waals surface area contributed by atoms with Crippen LogP contribution in [0.2, 0.25) is 0 Å². The number of nitrogens with one attached hydrogen (secondary N) is 1. The minimum atomic E-state index is -0.615. The van der Waals surface area contributed by atoms with Gasteiger partial charge in [0, 0.05) is 31.4 Å². The number of hydrogen-bond acceptors (Lipinski definition) is 8. The molecule has 6 rings (SSSR count). The lowest BCUT2D eigenvalue weighted by atomic mass is 10.0. The van der Waals surface area contributed by atoms with E-state index in [0.717, 1.165) is 19.3 Å². The van der Waals surface area contributed by atoms with Gasteiger partial charge in [-0.3, -0.25) is 14.2 Å². The number of allylic oxidation sites excluding steroid dienone is 4. The predicted molar refractivity (Wildman–Crippen MR) is 125 cm³/mol. The zero-order valence-electron chi connectivity index (χ0n) is 18.4. The monoisotopic (exact) mass is 462 g/mol. The van der Waals surface area contributed by atoms with E-state index in [4.69, 9.17) is 10.8 Å². The highest BCUT2D eigenvalue weighted by Crippen LogP contribution is 2.39. The molecule has 0 saturated carbocycles. The second-order valence-corrected chi connectivity index (χ2v) is 8.64. The molecule has 1 atom stereocenters. The summed E-state index contributed by atoms with van der Waals surface area (Å²) in [5, 5.41) is 7.83. The van der Waals surface area contributed by atoms with Gasteiger partial charge in [-0.25, -0.2) is 8.91 Å². The van der Waals surface area contributed by atoms with E-state index < -0.39 is 11.4 Å². The Kier molecular flexibility index (Phi) is 4.71. The van der Waals surface area contributed by atoms with E-state index in [9.17, 15) is 14.0 Å². The number of nitrogens with two attached hydrogens (primary N) is 1. The number of aromatic nitrogens is 5. The fourth-order valence-electron chi connectivity index (χ4n) is 5.04. The summed E-state index contributed by atoms with van der Waals surface area (Å²) < 4.78 is 17.3. The number of ketones is 1. The van der Waals surface area contributed by atoms with Crippen molar-refractivity contribution in [1.82, 2.24) is 24.1 Å². The summed E-state index contributed by atoms with van der Waals surface area (Å²) in [4.78, 5) is 37.0. The van der Waals surface area contributed by atoms with Gasteiger partial charge in [0.15, 0.2) is 22.9 Å². The maximum atomic E-state index is 14.5. The Morgan fingerprint density at radius 2 is 2.09 bits per heavy atom. The average molecular weight is 462 g/mol. The third-order valence-electron chi connectivity index (χ3n) is 6.55. The SMILES string of the molecule is Nc1nc2c(c(N3CCC[C@H]3c3nn4ccc(F)c4c(=O)n3C3=CCCC=C3)n1)C(=O)CCN2. The molecule has 0 spiro atoms. The second kappa shape index (κ2) is 7.79. The molecular formula is C23H23FN8O2. The minimum absolute atomic E-state index is 0.0550. The maximum absolute atomic E-state index is 14.5. The smallest absolute Gasteiger partial charge is 0.285 e. The number of nitrogens with zero attached hydrogens (tertiary/aromatic N) is 6. The lowest BCUT2D eigenvalue weighted by molar-refractivity contribution is 0.0983. The molecule has 0 amide bonds. The van der Waals surface area contributed by atoms with Crippen LogP contribution in [0.15, 0.2) is 35.3 Å². The van der Waals surface area contributed by atoms with Crippen LogP contribution in [0, 0.1) is 5.82 Å². The summed E-state index contributed by atoms with van der Waals surface area (Å²) in [6.07, 6.45) is 10.7.